The van der Waals surface area contributed by atoms with E-state index in [1.54, 1.807) is 13.0 Å². The zero-order chi connectivity index (χ0) is 16.8. The summed E-state index contributed by atoms with van der Waals surface area (Å²) in [6.07, 6.45) is 3.45. The van der Waals surface area contributed by atoms with Crippen molar-refractivity contribution in [1.82, 2.24) is 19.7 Å². The van der Waals surface area contributed by atoms with Gasteiger partial charge >= 0.3 is 0 Å². The normalized spacial score (nSPS) is 15.2. The first kappa shape index (κ1) is 14.7. The molecule has 4 rings (SSSR count). The van der Waals surface area contributed by atoms with Crippen molar-refractivity contribution >= 4 is 16.7 Å². The van der Waals surface area contributed by atoms with Crippen molar-refractivity contribution < 1.29 is 14.0 Å². The molecule has 0 radical (unpaired) electrons. The molecule has 1 aliphatic rings. The predicted octanol–water partition coefficient (Wildman–Crippen LogP) is 3.30. The van der Waals surface area contributed by atoms with Gasteiger partial charge in [-0.2, -0.15) is 5.10 Å². The highest BCUT2D eigenvalue weighted by Crippen LogP contribution is 2.41. The minimum absolute atomic E-state index is 0.207. The summed E-state index contributed by atoms with van der Waals surface area (Å²) in [5, 5.41) is 19.8. The summed E-state index contributed by atoms with van der Waals surface area (Å²) in [4.78, 5) is 4.46. The molecule has 1 aliphatic carbocycles. The first-order valence-corrected chi connectivity index (χ1v) is 7.47. The fraction of sp³-hybridized carbons (Fsp3) is 0.250. The number of aromatic nitrogens is 4. The number of benzene rings is 1. The fourth-order valence-corrected chi connectivity index (χ4v) is 2.71. The van der Waals surface area contributed by atoms with Crippen LogP contribution in [0, 0.1) is 11.6 Å². The standard InChI is InChI=1S/C16H13F2N5O/c1-8(22-24)13-4-9(7-19-21-13)16-20-14-5-11(17)12(18)6-15(14)23(16)10-2-3-10/h4-7,10,24H,2-3H2,1H3/b22-8+. The van der Waals surface area contributed by atoms with Gasteiger partial charge in [0.1, 0.15) is 17.2 Å². The fourth-order valence-electron chi connectivity index (χ4n) is 2.71. The molecule has 0 unspecified atom stereocenters. The van der Waals surface area contributed by atoms with E-state index in [2.05, 4.69) is 20.3 Å². The van der Waals surface area contributed by atoms with E-state index in [1.165, 1.54) is 12.3 Å². The van der Waals surface area contributed by atoms with Crippen LogP contribution in [0.1, 0.15) is 31.5 Å². The molecule has 0 amide bonds. The second kappa shape index (κ2) is 5.33. The predicted molar refractivity (Wildman–Crippen MR) is 82.9 cm³/mol. The average Bonchev–Trinajstić information content (AvgIpc) is 3.37. The highest BCUT2D eigenvalue weighted by atomic mass is 19.2. The highest BCUT2D eigenvalue weighted by Gasteiger charge is 2.29. The molecule has 1 N–H and O–H groups in total. The van der Waals surface area contributed by atoms with Crippen molar-refractivity contribution in [3.63, 3.8) is 0 Å². The van der Waals surface area contributed by atoms with Crippen LogP contribution in [0.25, 0.3) is 22.4 Å². The molecule has 8 heteroatoms. The maximum Gasteiger partial charge on any atom is 0.161 e. The summed E-state index contributed by atoms with van der Waals surface area (Å²) in [6.45, 7) is 1.60. The van der Waals surface area contributed by atoms with Gasteiger partial charge in [0.25, 0.3) is 0 Å². The summed E-state index contributed by atoms with van der Waals surface area (Å²) in [5.41, 5.74) is 2.31. The molecule has 1 saturated carbocycles. The summed E-state index contributed by atoms with van der Waals surface area (Å²) in [6, 6.07) is 4.17. The Labute approximate surface area is 135 Å². The van der Waals surface area contributed by atoms with E-state index >= 15 is 0 Å². The van der Waals surface area contributed by atoms with Crippen LogP contribution >= 0.6 is 0 Å². The Bertz CT molecular complexity index is 978. The monoisotopic (exact) mass is 329 g/mol. The van der Waals surface area contributed by atoms with Crippen LogP contribution in [0.2, 0.25) is 0 Å². The smallest absolute Gasteiger partial charge is 0.161 e. The molecule has 0 bridgehead atoms. The Morgan fingerprint density at radius 3 is 2.71 bits per heavy atom. The molecule has 0 atom stereocenters. The van der Waals surface area contributed by atoms with Gasteiger partial charge in [-0.3, -0.25) is 0 Å². The molecular weight excluding hydrogens is 316 g/mol. The molecule has 0 aliphatic heterocycles. The quantitative estimate of drug-likeness (QED) is 0.454. The minimum atomic E-state index is -0.925. The van der Waals surface area contributed by atoms with E-state index < -0.39 is 11.6 Å². The second-order valence-corrected chi connectivity index (χ2v) is 5.81. The van der Waals surface area contributed by atoms with Crippen LogP contribution < -0.4 is 0 Å². The maximum absolute atomic E-state index is 13.7. The molecule has 0 saturated heterocycles. The molecule has 2 heterocycles. The number of oxime groups is 1. The van der Waals surface area contributed by atoms with E-state index in [0.29, 0.717) is 33.8 Å². The Morgan fingerprint density at radius 1 is 1.25 bits per heavy atom. The van der Waals surface area contributed by atoms with Gasteiger partial charge in [0.2, 0.25) is 0 Å². The Balaban J connectivity index is 1.95. The molecule has 122 valence electrons. The number of hydrogen-bond acceptors (Lipinski definition) is 5. The summed E-state index contributed by atoms with van der Waals surface area (Å²) < 4.78 is 29.1. The maximum atomic E-state index is 13.7. The van der Waals surface area contributed by atoms with Gasteiger partial charge in [-0.25, -0.2) is 13.8 Å². The molecule has 2 aromatic heterocycles. The van der Waals surface area contributed by atoms with E-state index in [-0.39, 0.29) is 6.04 Å². The van der Waals surface area contributed by atoms with Gasteiger partial charge in [0.15, 0.2) is 11.6 Å². The molecule has 6 nitrogen and oxygen atoms in total. The largest absolute Gasteiger partial charge is 0.411 e. The Kier molecular flexibility index (Phi) is 3.26. The third kappa shape index (κ3) is 2.31. The van der Waals surface area contributed by atoms with Crippen molar-refractivity contribution in [3.05, 3.63) is 41.7 Å². The lowest BCUT2D eigenvalue weighted by Crippen LogP contribution is -2.03. The Morgan fingerprint density at radius 2 is 2.00 bits per heavy atom. The van der Waals surface area contributed by atoms with Crippen LogP contribution in [-0.2, 0) is 0 Å². The first-order valence-electron chi connectivity index (χ1n) is 7.47. The lowest BCUT2D eigenvalue weighted by molar-refractivity contribution is 0.319. The second-order valence-electron chi connectivity index (χ2n) is 5.81. The van der Waals surface area contributed by atoms with Crippen molar-refractivity contribution in [2.45, 2.75) is 25.8 Å². The van der Waals surface area contributed by atoms with E-state index in [4.69, 9.17) is 5.21 Å². The lowest BCUT2D eigenvalue weighted by Gasteiger charge is -2.08. The average molecular weight is 329 g/mol. The molecule has 3 aromatic rings. The Hall–Kier alpha value is -2.90. The van der Waals surface area contributed by atoms with Gasteiger partial charge in [0, 0.05) is 23.7 Å². The zero-order valence-corrected chi connectivity index (χ0v) is 12.7. The third-order valence-electron chi connectivity index (χ3n) is 4.08. The van der Waals surface area contributed by atoms with Crippen molar-refractivity contribution in [3.8, 4) is 11.4 Å². The van der Waals surface area contributed by atoms with Crippen LogP contribution in [0.3, 0.4) is 0 Å². The van der Waals surface area contributed by atoms with Crippen LogP contribution in [0.4, 0.5) is 8.78 Å². The molecule has 0 spiro atoms. The summed E-state index contributed by atoms with van der Waals surface area (Å²) in [7, 11) is 0. The number of halogens is 2. The zero-order valence-electron chi connectivity index (χ0n) is 12.7. The van der Waals surface area contributed by atoms with Crippen molar-refractivity contribution in [2.24, 2.45) is 5.16 Å². The SMILES string of the molecule is C/C(=N\O)c1cc(-c2nc3cc(F)c(F)cc3n2C2CC2)cnn1. The van der Waals surface area contributed by atoms with Gasteiger partial charge in [-0.1, -0.05) is 5.16 Å². The first-order chi connectivity index (χ1) is 11.6. The van der Waals surface area contributed by atoms with Crippen molar-refractivity contribution in [2.75, 3.05) is 0 Å². The number of rotatable bonds is 3. The van der Waals surface area contributed by atoms with E-state index in [9.17, 15) is 8.78 Å². The highest BCUT2D eigenvalue weighted by molar-refractivity contribution is 5.97. The molecule has 1 fully saturated rings. The van der Waals surface area contributed by atoms with Crippen molar-refractivity contribution in [1.29, 1.82) is 0 Å². The number of hydrogen-bond donors (Lipinski definition) is 1. The van der Waals surface area contributed by atoms with Gasteiger partial charge in [-0.05, 0) is 25.8 Å². The third-order valence-corrected chi connectivity index (χ3v) is 4.08. The van der Waals surface area contributed by atoms with Crippen LogP contribution in [0.5, 0.6) is 0 Å². The number of imidazole rings is 1. The van der Waals surface area contributed by atoms with Gasteiger partial charge in [-0.15, -0.1) is 5.10 Å². The molecule has 1 aromatic carbocycles. The van der Waals surface area contributed by atoms with Crippen LogP contribution in [-0.4, -0.2) is 30.7 Å². The number of nitrogens with zero attached hydrogens (tertiary/aromatic N) is 5. The lowest BCUT2D eigenvalue weighted by atomic mass is 10.2. The minimum Gasteiger partial charge on any atom is -0.411 e. The van der Waals surface area contributed by atoms with E-state index in [1.807, 2.05) is 4.57 Å². The van der Waals surface area contributed by atoms with Gasteiger partial charge in [0.05, 0.1) is 17.2 Å². The molecular formula is C16H13F2N5O. The topological polar surface area (TPSA) is 76.2 Å². The summed E-state index contributed by atoms with van der Waals surface area (Å²) >= 11 is 0. The molecule has 24 heavy (non-hydrogen) atoms. The van der Waals surface area contributed by atoms with Gasteiger partial charge < -0.3 is 9.77 Å². The van der Waals surface area contributed by atoms with Crippen LogP contribution in [0.15, 0.2) is 29.6 Å². The summed E-state index contributed by atoms with van der Waals surface area (Å²) in [5.74, 6) is -1.25. The van der Waals surface area contributed by atoms with E-state index in [0.717, 1.165) is 18.9 Å². The number of fused-ring (bicyclic) bond motifs is 1.